The highest BCUT2D eigenvalue weighted by molar-refractivity contribution is 5.80. The lowest BCUT2D eigenvalue weighted by Gasteiger charge is -2.25. The van der Waals surface area contributed by atoms with Crippen LogP contribution in [0.4, 0.5) is 11.4 Å². The van der Waals surface area contributed by atoms with E-state index >= 15 is 0 Å². The van der Waals surface area contributed by atoms with Gasteiger partial charge in [0, 0.05) is 19.2 Å². The van der Waals surface area contributed by atoms with Gasteiger partial charge in [0.1, 0.15) is 5.69 Å². The molecule has 2 aliphatic rings. The lowest BCUT2D eigenvalue weighted by Crippen LogP contribution is -2.37. The third-order valence-corrected chi connectivity index (χ3v) is 5.13. The molecule has 1 aromatic rings. The third kappa shape index (κ3) is 2.14. The van der Waals surface area contributed by atoms with Crippen molar-refractivity contribution in [1.82, 2.24) is 0 Å². The van der Waals surface area contributed by atoms with Gasteiger partial charge in [-0.2, -0.15) is 0 Å². The van der Waals surface area contributed by atoms with Crippen LogP contribution in [0, 0.1) is 28.4 Å². The van der Waals surface area contributed by atoms with Gasteiger partial charge in [0.15, 0.2) is 0 Å². The molecule has 1 aromatic carbocycles. The number of carbonyl (C=O) groups is 1. The molecule has 0 N–H and O–H groups in total. The third-order valence-electron chi connectivity index (χ3n) is 5.13. The summed E-state index contributed by atoms with van der Waals surface area (Å²) in [6.45, 7) is 3.03. The molecule has 2 unspecified atom stereocenters. The van der Waals surface area contributed by atoms with Gasteiger partial charge in [-0.3, -0.25) is 14.9 Å². The first kappa shape index (κ1) is 14.8. The number of carbonyl (C=O) groups excluding carboxylic acids is 1. The number of fused-ring (bicyclic) bond motifs is 1. The lowest BCUT2D eigenvalue weighted by atomic mass is 9.81. The predicted octanol–water partition coefficient (Wildman–Crippen LogP) is 2.68. The Labute approximate surface area is 129 Å². The van der Waals surface area contributed by atoms with Crippen molar-refractivity contribution in [2.24, 2.45) is 11.3 Å². The van der Waals surface area contributed by atoms with E-state index in [4.69, 9.17) is 4.74 Å². The first-order chi connectivity index (χ1) is 10.5. The molecule has 22 heavy (non-hydrogen) atoms. The van der Waals surface area contributed by atoms with Crippen molar-refractivity contribution in [2.45, 2.75) is 26.2 Å². The highest BCUT2D eigenvalue weighted by Gasteiger charge is 2.56. The Morgan fingerprint density at radius 1 is 1.50 bits per heavy atom. The van der Waals surface area contributed by atoms with Gasteiger partial charge in [0.2, 0.25) is 0 Å². The molecular formula is C16H20N2O4. The Morgan fingerprint density at radius 2 is 2.27 bits per heavy atom. The summed E-state index contributed by atoms with van der Waals surface area (Å²) in [5.74, 6) is 0.0492. The summed E-state index contributed by atoms with van der Waals surface area (Å²) in [6.07, 6.45) is 2.80. The Kier molecular flexibility index (Phi) is 3.54. The monoisotopic (exact) mass is 304 g/mol. The molecule has 2 atom stereocenters. The second-order valence-electron chi connectivity index (χ2n) is 6.37. The first-order valence-electron chi connectivity index (χ1n) is 7.56. The number of esters is 1. The minimum absolute atomic E-state index is 0.111. The van der Waals surface area contributed by atoms with Crippen LogP contribution in [0.2, 0.25) is 0 Å². The van der Waals surface area contributed by atoms with Crippen LogP contribution in [-0.4, -0.2) is 31.1 Å². The maximum Gasteiger partial charge on any atom is 0.313 e. The van der Waals surface area contributed by atoms with Crippen molar-refractivity contribution < 1.29 is 14.5 Å². The number of benzene rings is 1. The maximum absolute atomic E-state index is 12.3. The molecule has 1 saturated heterocycles. The van der Waals surface area contributed by atoms with Crippen molar-refractivity contribution in [2.75, 3.05) is 25.1 Å². The second-order valence-corrected chi connectivity index (χ2v) is 6.37. The van der Waals surface area contributed by atoms with Crippen LogP contribution in [0.3, 0.4) is 0 Å². The Bertz CT molecular complexity index is 631. The zero-order valence-electron chi connectivity index (χ0n) is 12.9. The van der Waals surface area contributed by atoms with E-state index in [9.17, 15) is 14.9 Å². The highest BCUT2D eigenvalue weighted by Crippen LogP contribution is 2.51. The van der Waals surface area contributed by atoms with Crippen LogP contribution in [-0.2, 0) is 9.53 Å². The van der Waals surface area contributed by atoms with Crippen LogP contribution in [0.1, 0.15) is 24.8 Å². The predicted molar refractivity (Wildman–Crippen MR) is 81.8 cm³/mol. The Balaban J connectivity index is 1.96. The minimum atomic E-state index is -0.493. The van der Waals surface area contributed by atoms with E-state index in [1.165, 1.54) is 7.11 Å². The largest absolute Gasteiger partial charge is 0.469 e. The molecular weight excluding hydrogens is 284 g/mol. The Hall–Kier alpha value is -2.11. The van der Waals surface area contributed by atoms with Gasteiger partial charge in [-0.05, 0) is 37.3 Å². The summed E-state index contributed by atoms with van der Waals surface area (Å²) in [5.41, 5.74) is 1.08. The quantitative estimate of drug-likeness (QED) is 0.487. The van der Waals surface area contributed by atoms with Gasteiger partial charge in [0.25, 0.3) is 5.69 Å². The molecule has 0 radical (unpaired) electrons. The van der Waals surface area contributed by atoms with Gasteiger partial charge in [-0.15, -0.1) is 0 Å². The topological polar surface area (TPSA) is 72.7 Å². The van der Waals surface area contributed by atoms with Crippen molar-refractivity contribution in [3.63, 3.8) is 0 Å². The van der Waals surface area contributed by atoms with E-state index in [1.807, 2.05) is 17.9 Å². The van der Waals surface area contributed by atoms with E-state index in [-0.39, 0.29) is 22.5 Å². The number of anilines is 1. The summed E-state index contributed by atoms with van der Waals surface area (Å²) in [4.78, 5) is 25.3. The van der Waals surface area contributed by atoms with Crippen LogP contribution >= 0.6 is 0 Å². The maximum atomic E-state index is 12.3. The number of ether oxygens (including phenoxy) is 1. The Morgan fingerprint density at radius 3 is 2.95 bits per heavy atom. The number of rotatable bonds is 3. The molecule has 1 heterocycles. The fourth-order valence-corrected chi connectivity index (χ4v) is 4.06. The van der Waals surface area contributed by atoms with Crippen molar-refractivity contribution >= 4 is 17.3 Å². The van der Waals surface area contributed by atoms with Crippen molar-refractivity contribution in [3.8, 4) is 0 Å². The van der Waals surface area contributed by atoms with E-state index in [2.05, 4.69) is 0 Å². The molecule has 1 aliphatic heterocycles. The van der Waals surface area contributed by atoms with Crippen LogP contribution < -0.4 is 4.90 Å². The summed E-state index contributed by atoms with van der Waals surface area (Å²) in [5, 5.41) is 11.3. The first-order valence-corrected chi connectivity index (χ1v) is 7.56. The molecule has 0 spiro atoms. The molecule has 6 heteroatoms. The SMILES string of the molecule is COC(=O)C12CCCC1CN(c1ccc(C)cc1[N+](=O)[O-])C2. The minimum Gasteiger partial charge on any atom is -0.469 e. The lowest BCUT2D eigenvalue weighted by molar-refractivity contribution is -0.384. The zero-order valence-corrected chi connectivity index (χ0v) is 12.9. The fourth-order valence-electron chi connectivity index (χ4n) is 4.06. The van der Waals surface area contributed by atoms with Crippen LogP contribution in [0.5, 0.6) is 0 Å². The van der Waals surface area contributed by atoms with Crippen molar-refractivity contribution in [1.29, 1.82) is 0 Å². The standard InChI is InChI=1S/C16H20N2O4/c1-11-5-6-13(14(8-11)18(20)21)17-9-12-4-3-7-16(12,10-17)15(19)22-2/h5-6,8,12H,3-4,7,9-10H2,1-2H3. The number of methoxy groups -OCH3 is 1. The molecule has 118 valence electrons. The summed E-state index contributed by atoms with van der Waals surface area (Å²) >= 11 is 0. The molecule has 0 aromatic heterocycles. The molecule has 0 bridgehead atoms. The van der Waals surface area contributed by atoms with Gasteiger partial charge in [-0.25, -0.2) is 0 Å². The zero-order chi connectivity index (χ0) is 15.9. The van der Waals surface area contributed by atoms with Crippen LogP contribution in [0.15, 0.2) is 18.2 Å². The number of nitro benzene ring substituents is 1. The molecule has 3 rings (SSSR count). The highest BCUT2D eigenvalue weighted by atomic mass is 16.6. The molecule has 0 amide bonds. The molecule has 1 saturated carbocycles. The summed E-state index contributed by atoms with van der Waals surface area (Å²) in [7, 11) is 1.42. The molecule has 6 nitrogen and oxygen atoms in total. The summed E-state index contributed by atoms with van der Waals surface area (Å²) in [6, 6.07) is 5.26. The summed E-state index contributed by atoms with van der Waals surface area (Å²) < 4.78 is 5.02. The number of nitrogens with zero attached hydrogens (tertiary/aromatic N) is 2. The van der Waals surface area contributed by atoms with E-state index < -0.39 is 5.41 Å². The van der Waals surface area contributed by atoms with Crippen LogP contribution in [0.25, 0.3) is 0 Å². The number of aryl methyl sites for hydroxylation is 1. The van der Waals surface area contributed by atoms with Gasteiger partial charge in [0.05, 0.1) is 17.4 Å². The van der Waals surface area contributed by atoms with E-state index in [0.717, 1.165) is 24.8 Å². The van der Waals surface area contributed by atoms with E-state index in [1.54, 1.807) is 12.1 Å². The number of hydrogen-bond donors (Lipinski definition) is 0. The number of hydrogen-bond acceptors (Lipinski definition) is 5. The molecule has 2 fully saturated rings. The average Bonchev–Trinajstić information content (AvgIpc) is 3.04. The molecule has 1 aliphatic carbocycles. The normalized spacial score (nSPS) is 26.8. The number of nitro groups is 1. The average molecular weight is 304 g/mol. The fraction of sp³-hybridized carbons (Fsp3) is 0.562. The van der Waals surface area contributed by atoms with Crippen molar-refractivity contribution in [3.05, 3.63) is 33.9 Å². The van der Waals surface area contributed by atoms with Gasteiger partial charge < -0.3 is 9.64 Å². The second kappa shape index (κ2) is 5.26. The van der Waals surface area contributed by atoms with Gasteiger partial charge >= 0.3 is 5.97 Å². The smallest absolute Gasteiger partial charge is 0.313 e. The van der Waals surface area contributed by atoms with Gasteiger partial charge in [-0.1, -0.05) is 12.5 Å². The van der Waals surface area contributed by atoms with E-state index in [0.29, 0.717) is 18.8 Å².